The Balaban J connectivity index is 1.30. The molecule has 10 heteroatoms. The molecule has 4 rings (SSSR count). The number of methoxy groups -OCH3 is 2. The molecular weight excluding hydrogens is 542 g/mol. The smallest absolute Gasteiger partial charge is 0.253 e. The Hall–Kier alpha value is -3.89. The molecule has 0 radical (unpaired) electrons. The van der Waals surface area contributed by atoms with E-state index in [1.54, 1.807) is 38.5 Å². The third kappa shape index (κ3) is 7.86. The fraction of sp³-hybridized carbons (Fsp3) is 0.355. The summed E-state index contributed by atoms with van der Waals surface area (Å²) in [4.78, 5) is 26.1. The maximum atomic E-state index is 13.1. The lowest BCUT2D eigenvalue weighted by Gasteiger charge is -2.30. The third-order valence-corrected chi connectivity index (χ3v) is 9.08. The number of anilines is 1. The highest BCUT2D eigenvalue weighted by molar-refractivity contribution is 7.88. The highest BCUT2D eigenvalue weighted by Gasteiger charge is 2.31. The summed E-state index contributed by atoms with van der Waals surface area (Å²) in [5.74, 6) is 0.352. The van der Waals surface area contributed by atoms with Crippen LogP contribution in [0.5, 0.6) is 11.5 Å². The van der Waals surface area contributed by atoms with Crippen molar-refractivity contribution >= 4 is 27.5 Å². The van der Waals surface area contributed by atoms with E-state index in [1.165, 1.54) is 4.31 Å². The van der Waals surface area contributed by atoms with Crippen LogP contribution in [0.25, 0.3) is 0 Å². The number of hydrogen-bond donors (Lipinski definition) is 2. The van der Waals surface area contributed by atoms with Gasteiger partial charge in [-0.15, -0.1) is 0 Å². The number of hydrogen-bond acceptors (Lipinski definition) is 6. The van der Waals surface area contributed by atoms with Crippen molar-refractivity contribution in [1.29, 1.82) is 0 Å². The van der Waals surface area contributed by atoms with Gasteiger partial charge in [0.25, 0.3) is 5.91 Å². The van der Waals surface area contributed by atoms with E-state index < -0.39 is 10.0 Å². The number of carbonyl (C=O) groups is 2. The average Bonchev–Trinajstić information content (AvgIpc) is 2.97. The van der Waals surface area contributed by atoms with Crippen molar-refractivity contribution in [1.82, 2.24) is 9.62 Å². The normalized spacial score (nSPS) is 14.3. The SMILES string of the molecule is COc1ccc(CCNC(=O)c2ccccc2NC(=O)C2CCN(S(=O)(=O)Cc3cccc(C)c3)CC2)cc1OC. The Morgan fingerprint density at radius 2 is 1.63 bits per heavy atom. The number of amides is 2. The van der Waals surface area contributed by atoms with Gasteiger partial charge in [-0.3, -0.25) is 9.59 Å². The maximum Gasteiger partial charge on any atom is 0.253 e. The van der Waals surface area contributed by atoms with Crippen LogP contribution >= 0.6 is 0 Å². The Bertz CT molecular complexity index is 1480. The molecule has 218 valence electrons. The van der Waals surface area contributed by atoms with Crippen molar-refractivity contribution in [2.45, 2.75) is 31.9 Å². The number of nitrogens with zero attached hydrogens (tertiary/aromatic N) is 1. The molecular formula is C31H37N3O6S. The molecule has 0 unspecified atom stereocenters. The molecule has 2 amide bonds. The van der Waals surface area contributed by atoms with Gasteiger partial charge in [0.05, 0.1) is 31.2 Å². The van der Waals surface area contributed by atoms with Crippen LogP contribution in [0.3, 0.4) is 0 Å². The van der Waals surface area contributed by atoms with E-state index in [0.717, 1.165) is 16.7 Å². The molecule has 0 atom stereocenters. The zero-order valence-corrected chi connectivity index (χ0v) is 24.5. The summed E-state index contributed by atoms with van der Waals surface area (Å²) in [6, 6.07) is 20.0. The molecule has 41 heavy (non-hydrogen) atoms. The number of para-hydroxylation sites is 1. The highest BCUT2D eigenvalue weighted by Crippen LogP contribution is 2.28. The van der Waals surface area contributed by atoms with Crippen molar-refractivity contribution in [2.24, 2.45) is 5.92 Å². The monoisotopic (exact) mass is 579 g/mol. The van der Waals surface area contributed by atoms with Crippen molar-refractivity contribution in [2.75, 3.05) is 39.2 Å². The van der Waals surface area contributed by atoms with Crippen LogP contribution in [-0.2, 0) is 27.0 Å². The topological polar surface area (TPSA) is 114 Å². The minimum Gasteiger partial charge on any atom is -0.493 e. The second-order valence-corrected chi connectivity index (χ2v) is 12.1. The van der Waals surface area contributed by atoms with Gasteiger partial charge in [-0.25, -0.2) is 12.7 Å². The summed E-state index contributed by atoms with van der Waals surface area (Å²) in [6.07, 6.45) is 1.42. The van der Waals surface area contributed by atoms with E-state index in [4.69, 9.17) is 9.47 Å². The predicted octanol–water partition coefficient (Wildman–Crippen LogP) is 4.17. The van der Waals surface area contributed by atoms with Crippen molar-refractivity contribution in [3.8, 4) is 11.5 Å². The van der Waals surface area contributed by atoms with Gasteiger partial charge in [0, 0.05) is 25.6 Å². The molecule has 1 fully saturated rings. The van der Waals surface area contributed by atoms with Crippen LogP contribution < -0.4 is 20.1 Å². The molecule has 0 bridgehead atoms. The lowest BCUT2D eigenvalue weighted by molar-refractivity contribution is -0.120. The fourth-order valence-corrected chi connectivity index (χ4v) is 6.53. The Kier molecular flexibility index (Phi) is 10.0. The quantitative estimate of drug-likeness (QED) is 0.353. The Morgan fingerprint density at radius 3 is 2.34 bits per heavy atom. The van der Waals surface area contributed by atoms with E-state index in [-0.39, 0.29) is 36.6 Å². The first-order valence-corrected chi connectivity index (χ1v) is 15.2. The molecule has 1 saturated heterocycles. The van der Waals surface area contributed by atoms with Crippen molar-refractivity contribution < 1.29 is 27.5 Å². The minimum absolute atomic E-state index is 0.0555. The first-order chi connectivity index (χ1) is 19.7. The molecule has 3 aromatic carbocycles. The number of nitrogens with one attached hydrogen (secondary N) is 2. The molecule has 1 aliphatic rings. The van der Waals surface area contributed by atoms with Gasteiger partial charge in [0.1, 0.15) is 0 Å². The number of carbonyl (C=O) groups excluding carboxylic acids is 2. The van der Waals surface area contributed by atoms with Gasteiger partial charge in [-0.2, -0.15) is 0 Å². The molecule has 1 aliphatic heterocycles. The van der Waals surface area contributed by atoms with Gasteiger partial charge in [-0.1, -0.05) is 48.0 Å². The predicted molar refractivity (Wildman–Crippen MR) is 159 cm³/mol. The molecule has 0 spiro atoms. The van der Waals surface area contributed by atoms with E-state index in [2.05, 4.69) is 10.6 Å². The second-order valence-electron chi connectivity index (χ2n) is 10.1. The van der Waals surface area contributed by atoms with Gasteiger partial charge in [-0.05, 0) is 61.6 Å². The average molecular weight is 580 g/mol. The van der Waals surface area contributed by atoms with Gasteiger partial charge < -0.3 is 20.1 Å². The van der Waals surface area contributed by atoms with Crippen molar-refractivity contribution in [3.63, 3.8) is 0 Å². The van der Waals surface area contributed by atoms with Crippen LogP contribution in [0.15, 0.2) is 66.7 Å². The molecule has 0 aromatic heterocycles. The summed E-state index contributed by atoms with van der Waals surface area (Å²) in [7, 11) is -0.326. The number of ether oxygens (including phenoxy) is 2. The first-order valence-electron chi connectivity index (χ1n) is 13.6. The fourth-order valence-electron chi connectivity index (χ4n) is 4.98. The van der Waals surface area contributed by atoms with Crippen LogP contribution in [-0.4, -0.2) is 58.4 Å². The number of benzene rings is 3. The Labute approximate surface area is 241 Å². The molecule has 3 aromatic rings. The van der Waals surface area contributed by atoms with Gasteiger partial charge >= 0.3 is 0 Å². The van der Waals surface area contributed by atoms with E-state index in [9.17, 15) is 18.0 Å². The summed E-state index contributed by atoms with van der Waals surface area (Å²) in [5, 5.41) is 5.82. The zero-order valence-electron chi connectivity index (χ0n) is 23.7. The summed E-state index contributed by atoms with van der Waals surface area (Å²) in [6.45, 7) is 2.89. The van der Waals surface area contributed by atoms with E-state index >= 15 is 0 Å². The number of sulfonamides is 1. The lowest BCUT2D eigenvalue weighted by atomic mass is 9.97. The molecule has 9 nitrogen and oxygen atoms in total. The van der Waals surface area contributed by atoms with Crippen LogP contribution in [0, 0.1) is 12.8 Å². The van der Waals surface area contributed by atoms with E-state index in [1.807, 2.05) is 49.4 Å². The molecule has 0 saturated carbocycles. The maximum absolute atomic E-state index is 13.1. The highest BCUT2D eigenvalue weighted by atomic mass is 32.2. The van der Waals surface area contributed by atoms with Crippen LogP contribution in [0.2, 0.25) is 0 Å². The van der Waals surface area contributed by atoms with Crippen LogP contribution in [0.4, 0.5) is 5.69 Å². The standard InChI is InChI=1S/C31H37N3O6S/c1-22-7-6-8-24(19-22)21-41(37,38)34-17-14-25(15-18-34)30(35)33-27-10-5-4-9-26(27)31(36)32-16-13-23-11-12-28(39-2)29(20-23)40-3/h4-12,19-20,25H,13-18,21H2,1-3H3,(H,32,36)(H,33,35). The first kappa shape index (κ1) is 30.1. The minimum atomic E-state index is -3.48. The molecule has 1 heterocycles. The zero-order chi connectivity index (χ0) is 29.4. The second kappa shape index (κ2) is 13.6. The molecule has 0 aliphatic carbocycles. The summed E-state index contributed by atoms with van der Waals surface area (Å²) in [5.41, 5.74) is 3.54. The van der Waals surface area contributed by atoms with Crippen molar-refractivity contribution in [3.05, 3.63) is 89.0 Å². The van der Waals surface area contributed by atoms with Gasteiger partial charge in [0.15, 0.2) is 11.5 Å². The van der Waals surface area contributed by atoms with Crippen LogP contribution in [0.1, 0.15) is 39.9 Å². The Morgan fingerprint density at radius 1 is 0.902 bits per heavy atom. The largest absolute Gasteiger partial charge is 0.493 e. The van der Waals surface area contributed by atoms with E-state index in [0.29, 0.717) is 48.6 Å². The summed E-state index contributed by atoms with van der Waals surface area (Å²) >= 11 is 0. The lowest BCUT2D eigenvalue weighted by Crippen LogP contribution is -2.42. The number of rotatable bonds is 11. The summed E-state index contributed by atoms with van der Waals surface area (Å²) < 4.78 is 38.0. The van der Waals surface area contributed by atoms with Gasteiger partial charge in [0.2, 0.25) is 15.9 Å². The third-order valence-electron chi connectivity index (χ3n) is 7.23. The number of aryl methyl sites for hydroxylation is 1. The number of piperidine rings is 1. The molecule has 2 N–H and O–H groups in total.